The molecule has 2 aromatic rings. The van der Waals surface area contributed by atoms with Gasteiger partial charge in [0.05, 0.1) is 4.53 Å². The van der Waals surface area contributed by atoms with Crippen LogP contribution in [-0.4, -0.2) is 11.4 Å². The molecule has 0 radical (unpaired) electrons. The van der Waals surface area contributed by atoms with Crippen molar-refractivity contribution < 1.29 is 0 Å². The van der Waals surface area contributed by atoms with Crippen molar-refractivity contribution in [1.82, 2.24) is 4.90 Å². The van der Waals surface area contributed by atoms with Gasteiger partial charge in [-0.2, -0.15) is 10.5 Å². The smallest absolute Gasteiger partial charge is 0.146 e. The number of unbranched alkanes of at least 4 members (excludes halogenated alkanes) is 13. The first-order valence-corrected chi connectivity index (χ1v) is 15.8. The second-order valence-corrected chi connectivity index (χ2v) is 12.0. The van der Waals surface area contributed by atoms with Crippen molar-refractivity contribution >= 4 is 33.8 Å². The van der Waals surface area contributed by atoms with E-state index in [1.165, 1.54) is 116 Å². The van der Waals surface area contributed by atoms with Crippen LogP contribution in [0.25, 0.3) is 11.1 Å². The molecule has 2 aromatic heterocycles. The number of allylic oxidation sites excluding steroid dienone is 2. The van der Waals surface area contributed by atoms with Crippen LogP contribution in [0.2, 0.25) is 0 Å². The second kappa shape index (κ2) is 17.0. The van der Waals surface area contributed by atoms with Gasteiger partial charge in [0.15, 0.2) is 0 Å². The molecule has 5 heteroatoms. The molecule has 3 nitrogen and oxygen atoms in total. The van der Waals surface area contributed by atoms with Crippen molar-refractivity contribution in [1.29, 1.82) is 10.5 Å². The van der Waals surface area contributed by atoms with Crippen LogP contribution < -0.4 is 9.06 Å². The van der Waals surface area contributed by atoms with Crippen LogP contribution in [0.3, 0.4) is 0 Å². The molecule has 0 fully saturated rings. The Morgan fingerprint density at radius 3 is 1.70 bits per heavy atom. The van der Waals surface area contributed by atoms with Crippen LogP contribution in [0.4, 0.5) is 0 Å². The highest BCUT2D eigenvalue weighted by Gasteiger charge is 2.03. The SMILES string of the molecule is CCCCCCCCCCCCCCCCN1C=CC(=c2cc/c(=c3/ccc(=C(C#N)C#N)s3)s2)C=C1. The lowest BCUT2D eigenvalue weighted by Crippen LogP contribution is -2.14. The zero-order chi connectivity index (χ0) is 26.1. The summed E-state index contributed by atoms with van der Waals surface area (Å²) in [5, 5.41) is 18.2. The van der Waals surface area contributed by atoms with Crippen LogP contribution in [0, 0.1) is 31.7 Å². The molecule has 0 spiro atoms. The van der Waals surface area contributed by atoms with Gasteiger partial charge in [0.2, 0.25) is 0 Å². The summed E-state index contributed by atoms with van der Waals surface area (Å²) in [6, 6.07) is 12.1. The van der Waals surface area contributed by atoms with Crippen molar-refractivity contribution in [2.24, 2.45) is 0 Å². The first-order chi connectivity index (χ1) is 18.2. The van der Waals surface area contributed by atoms with E-state index in [1.54, 1.807) is 11.3 Å². The van der Waals surface area contributed by atoms with Crippen molar-refractivity contribution in [2.45, 2.75) is 96.8 Å². The summed E-state index contributed by atoms with van der Waals surface area (Å²) in [4.78, 5) is 2.30. The molecule has 0 bridgehead atoms. The number of thiophene rings is 2. The van der Waals surface area contributed by atoms with Gasteiger partial charge in [-0.25, -0.2) is 0 Å². The van der Waals surface area contributed by atoms with Gasteiger partial charge in [-0.3, -0.25) is 0 Å². The van der Waals surface area contributed by atoms with E-state index in [0.29, 0.717) is 0 Å². The van der Waals surface area contributed by atoms with E-state index in [4.69, 9.17) is 10.5 Å². The van der Waals surface area contributed by atoms with E-state index in [9.17, 15) is 0 Å². The minimum atomic E-state index is 0.180. The second-order valence-electron chi connectivity index (χ2n) is 9.85. The highest BCUT2D eigenvalue weighted by molar-refractivity contribution is 7.11. The molecule has 0 saturated carbocycles. The van der Waals surface area contributed by atoms with Crippen molar-refractivity contribution in [3.05, 3.63) is 66.9 Å². The molecule has 0 aromatic carbocycles. The number of nitrogens with zero attached hydrogens (tertiary/aromatic N) is 3. The molecule has 0 unspecified atom stereocenters. The van der Waals surface area contributed by atoms with Crippen LogP contribution in [0.15, 0.2) is 48.8 Å². The van der Waals surface area contributed by atoms with E-state index < -0.39 is 0 Å². The molecule has 0 N–H and O–H groups in total. The molecule has 196 valence electrons. The van der Waals surface area contributed by atoms with Crippen LogP contribution in [-0.2, 0) is 0 Å². The summed E-state index contributed by atoms with van der Waals surface area (Å²) < 4.78 is 4.23. The molecular formula is C32H41N3S2. The Morgan fingerprint density at radius 2 is 1.14 bits per heavy atom. The maximum atomic E-state index is 9.09. The Labute approximate surface area is 231 Å². The Hall–Kier alpha value is -2.60. The van der Waals surface area contributed by atoms with Gasteiger partial charge in [0.1, 0.15) is 17.7 Å². The number of hydrogen-bond acceptors (Lipinski definition) is 5. The minimum absolute atomic E-state index is 0.180. The average Bonchev–Trinajstić information content (AvgIpc) is 3.61. The van der Waals surface area contributed by atoms with Gasteiger partial charge in [0.25, 0.3) is 0 Å². The maximum Gasteiger partial charge on any atom is 0.146 e. The third-order valence-electron chi connectivity index (χ3n) is 6.87. The molecule has 1 aliphatic rings. The van der Waals surface area contributed by atoms with E-state index >= 15 is 0 Å². The monoisotopic (exact) mass is 531 g/mol. The molecule has 3 rings (SSSR count). The predicted molar refractivity (Wildman–Crippen MR) is 159 cm³/mol. The maximum absolute atomic E-state index is 9.09. The van der Waals surface area contributed by atoms with E-state index in [0.717, 1.165) is 15.6 Å². The van der Waals surface area contributed by atoms with Gasteiger partial charge < -0.3 is 4.90 Å². The predicted octanol–water partition coefficient (Wildman–Crippen LogP) is 8.27. The molecule has 0 atom stereocenters. The number of hydrogen-bond donors (Lipinski definition) is 0. The molecule has 3 heterocycles. The van der Waals surface area contributed by atoms with Crippen LogP contribution >= 0.6 is 22.7 Å². The zero-order valence-electron chi connectivity index (χ0n) is 22.4. The summed E-state index contributed by atoms with van der Waals surface area (Å²) in [7, 11) is 0. The molecule has 37 heavy (non-hydrogen) atoms. The Bertz CT molecular complexity index is 1280. The molecule has 0 saturated heterocycles. The summed E-state index contributed by atoms with van der Waals surface area (Å²) in [6.07, 6.45) is 28.3. The fourth-order valence-electron chi connectivity index (χ4n) is 4.62. The van der Waals surface area contributed by atoms with Crippen molar-refractivity contribution in [3.63, 3.8) is 0 Å². The van der Waals surface area contributed by atoms with E-state index in [2.05, 4.69) is 48.5 Å². The van der Waals surface area contributed by atoms with E-state index in [1.807, 2.05) is 24.3 Å². The normalized spacial score (nSPS) is 13.6. The third kappa shape index (κ3) is 9.99. The van der Waals surface area contributed by atoms with E-state index in [-0.39, 0.29) is 5.57 Å². The first kappa shape index (κ1) is 29.0. The molecule has 0 aliphatic carbocycles. The third-order valence-corrected chi connectivity index (χ3v) is 9.30. The lowest BCUT2D eigenvalue weighted by molar-refractivity contribution is 0.462. The topological polar surface area (TPSA) is 50.8 Å². The molecule has 1 aliphatic heterocycles. The highest BCUT2D eigenvalue weighted by Crippen LogP contribution is 2.15. The largest absolute Gasteiger partial charge is 0.354 e. The van der Waals surface area contributed by atoms with Crippen molar-refractivity contribution in [3.8, 4) is 12.1 Å². The van der Waals surface area contributed by atoms with Crippen LogP contribution in [0.1, 0.15) is 96.8 Å². The fourth-order valence-corrected chi connectivity index (χ4v) is 6.68. The minimum Gasteiger partial charge on any atom is -0.354 e. The fraction of sp³-hybridized carbons (Fsp3) is 0.500. The van der Waals surface area contributed by atoms with Gasteiger partial charge in [-0.1, -0.05) is 90.4 Å². The Balaban J connectivity index is 1.34. The number of nitriles is 2. The average molecular weight is 532 g/mol. The van der Waals surface area contributed by atoms with Gasteiger partial charge in [-0.15, -0.1) is 22.7 Å². The van der Waals surface area contributed by atoms with Gasteiger partial charge >= 0.3 is 0 Å². The Morgan fingerprint density at radius 1 is 0.649 bits per heavy atom. The quantitative estimate of drug-likeness (QED) is 0.217. The van der Waals surface area contributed by atoms with Gasteiger partial charge in [-0.05, 0) is 48.4 Å². The zero-order valence-corrected chi connectivity index (χ0v) is 24.0. The standard InChI is InChI=1S/C32H41N3S2/c1-2-3-4-5-6-7-8-9-10-11-12-13-14-15-22-35-23-20-27(21-24-35)29-16-18-31(36-29)32-19-17-30(37-32)28(25-33)26-34/h16-21,23-24H,2-15,22H2,1H3/b32-31+. The first-order valence-electron chi connectivity index (χ1n) is 14.1. The lowest BCUT2D eigenvalue weighted by atomic mass is 10.0. The summed E-state index contributed by atoms with van der Waals surface area (Å²) in [5.41, 5.74) is 1.41. The molecular weight excluding hydrogens is 491 g/mol. The summed E-state index contributed by atoms with van der Waals surface area (Å²) in [5.74, 6) is 0. The van der Waals surface area contributed by atoms with Crippen molar-refractivity contribution in [2.75, 3.05) is 6.54 Å². The van der Waals surface area contributed by atoms with Gasteiger partial charge in [0, 0.05) is 32.5 Å². The highest BCUT2D eigenvalue weighted by atomic mass is 32.1. The van der Waals surface area contributed by atoms with Crippen LogP contribution in [0.5, 0.6) is 0 Å². The summed E-state index contributed by atoms with van der Waals surface area (Å²) in [6.45, 7) is 3.37. The summed E-state index contributed by atoms with van der Waals surface area (Å²) >= 11 is 3.25. The lowest BCUT2D eigenvalue weighted by Gasteiger charge is -2.18. The Kier molecular flexibility index (Phi) is 13.3. The number of rotatable bonds is 15. The molecule has 0 amide bonds.